The molecule has 3 nitrogen and oxygen atoms in total. The van der Waals surface area contributed by atoms with Crippen molar-refractivity contribution in [2.45, 2.75) is 6.92 Å². The Morgan fingerprint density at radius 1 is 1.33 bits per heavy atom. The molecule has 0 bridgehead atoms. The number of hydrogen-bond acceptors (Lipinski definition) is 2. The van der Waals surface area contributed by atoms with E-state index in [9.17, 15) is 4.79 Å². The fourth-order valence-corrected chi connectivity index (χ4v) is 1.67. The van der Waals surface area contributed by atoms with E-state index in [2.05, 4.69) is 4.98 Å². The summed E-state index contributed by atoms with van der Waals surface area (Å²) in [6.07, 6.45) is 3.53. The van der Waals surface area contributed by atoms with Gasteiger partial charge in [-0.05, 0) is 24.3 Å². The third-order valence-corrected chi connectivity index (χ3v) is 2.44. The lowest BCUT2D eigenvalue weighted by molar-refractivity contribution is 0.101. The van der Waals surface area contributed by atoms with Crippen LogP contribution in [-0.2, 0) is 7.05 Å². The summed E-state index contributed by atoms with van der Waals surface area (Å²) < 4.78 is 1.89. The molecule has 3 heteroatoms. The van der Waals surface area contributed by atoms with Crippen LogP contribution in [0.25, 0.3) is 11.3 Å². The van der Waals surface area contributed by atoms with E-state index in [1.807, 2.05) is 35.9 Å². The Morgan fingerprint density at radius 3 is 2.67 bits per heavy atom. The van der Waals surface area contributed by atoms with E-state index < -0.39 is 0 Å². The molecule has 2 rings (SSSR count). The summed E-state index contributed by atoms with van der Waals surface area (Å²) in [6, 6.07) is 7.64. The number of Topliss-reactive ketones (excluding diaryl/α,β-unsaturated/α-hetero) is 1. The van der Waals surface area contributed by atoms with Crippen molar-refractivity contribution in [3.63, 3.8) is 0 Å². The molecular weight excluding hydrogens is 188 g/mol. The van der Waals surface area contributed by atoms with Gasteiger partial charge in [0.1, 0.15) is 0 Å². The second-order valence-corrected chi connectivity index (χ2v) is 3.46. The normalized spacial score (nSPS) is 10.3. The standard InChI is InChI=1S/C12H12N2O/c1-9(15)11-5-6-12(14(11)2)10-4-3-7-13-8-10/h3-8H,1-2H3. The van der Waals surface area contributed by atoms with Crippen molar-refractivity contribution >= 4 is 5.78 Å². The van der Waals surface area contributed by atoms with Crippen molar-refractivity contribution in [3.05, 3.63) is 42.4 Å². The highest BCUT2D eigenvalue weighted by molar-refractivity contribution is 5.93. The van der Waals surface area contributed by atoms with Crippen LogP contribution in [-0.4, -0.2) is 15.3 Å². The summed E-state index contributed by atoms with van der Waals surface area (Å²) >= 11 is 0. The first-order valence-electron chi connectivity index (χ1n) is 4.77. The number of ketones is 1. The van der Waals surface area contributed by atoms with Gasteiger partial charge in [0.2, 0.25) is 0 Å². The summed E-state index contributed by atoms with van der Waals surface area (Å²) in [5.74, 6) is 0.0765. The maximum Gasteiger partial charge on any atom is 0.176 e. The third kappa shape index (κ3) is 1.68. The van der Waals surface area contributed by atoms with E-state index in [-0.39, 0.29) is 5.78 Å². The highest BCUT2D eigenvalue weighted by Crippen LogP contribution is 2.20. The molecule has 0 aliphatic rings. The lowest BCUT2D eigenvalue weighted by Gasteiger charge is -2.04. The molecule has 0 fully saturated rings. The molecule has 15 heavy (non-hydrogen) atoms. The van der Waals surface area contributed by atoms with E-state index in [0.717, 1.165) is 11.3 Å². The number of nitrogens with zero attached hydrogens (tertiary/aromatic N) is 2. The molecule has 2 aromatic rings. The zero-order valence-corrected chi connectivity index (χ0v) is 8.77. The van der Waals surface area contributed by atoms with Crippen LogP contribution < -0.4 is 0 Å². The van der Waals surface area contributed by atoms with Crippen LogP contribution >= 0.6 is 0 Å². The molecule has 0 saturated heterocycles. The highest BCUT2D eigenvalue weighted by Gasteiger charge is 2.09. The van der Waals surface area contributed by atoms with Crippen molar-refractivity contribution < 1.29 is 4.79 Å². The third-order valence-electron chi connectivity index (χ3n) is 2.44. The smallest absolute Gasteiger partial charge is 0.176 e. The predicted molar refractivity (Wildman–Crippen MR) is 58.6 cm³/mol. The minimum Gasteiger partial charge on any atom is -0.341 e. The zero-order valence-electron chi connectivity index (χ0n) is 8.77. The lowest BCUT2D eigenvalue weighted by Crippen LogP contribution is -2.02. The van der Waals surface area contributed by atoms with Crippen LogP contribution in [0.15, 0.2) is 36.7 Å². The van der Waals surface area contributed by atoms with E-state index in [0.29, 0.717) is 5.69 Å². The van der Waals surface area contributed by atoms with E-state index in [1.54, 1.807) is 19.3 Å². The molecule has 0 aromatic carbocycles. The second-order valence-electron chi connectivity index (χ2n) is 3.46. The molecule has 0 N–H and O–H groups in total. The molecular formula is C12H12N2O. The molecule has 2 aromatic heterocycles. The summed E-state index contributed by atoms with van der Waals surface area (Å²) in [5.41, 5.74) is 2.75. The molecule has 0 aliphatic heterocycles. The summed E-state index contributed by atoms with van der Waals surface area (Å²) in [4.78, 5) is 15.3. The van der Waals surface area contributed by atoms with Gasteiger partial charge >= 0.3 is 0 Å². The molecule has 76 valence electrons. The number of pyridine rings is 1. The van der Waals surface area contributed by atoms with Gasteiger partial charge in [-0.15, -0.1) is 0 Å². The quantitative estimate of drug-likeness (QED) is 0.697. The Labute approximate surface area is 88.4 Å². The van der Waals surface area contributed by atoms with E-state index >= 15 is 0 Å². The SMILES string of the molecule is CC(=O)c1ccc(-c2cccnc2)n1C. The van der Waals surface area contributed by atoms with Crippen LogP contribution in [0.3, 0.4) is 0 Å². The summed E-state index contributed by atoms with van der Waals surface area (Å²) in [5, 5.41) is 0. The van der Waals surface area contributed by atoms with Crippen LogP contribution in [0.5, 0.6) is 0 Å². The molecule has 0 unspecified atom stereocenters. The van der Waals surface area contributed by atoms with Gasteiger partial charge in [0.25, 0.3) is 0 Å². The highest BCUT2D eigenvalue weighted by atomic mass is 16.1. The molecule has 0 amide bonds. The van der Waals surface area contributed by atoms with E-state index in [1.165, 1.54) is 0 Å². The lowest BCUT2D eigenvalue weighted by atomic mass is 10.2. The Bertz CT molecular complexity index is 486. The summed E-state index contributed by atoms with van der Waals surface area (Å²) in [6.45, 7) is 1.57. The van der Waals surface area contributed by atoms with Crippen molar-refractivity contribution in [1.82, 2.24) is 9.55 Å². The van der Waals surface area contributed by atoms with Crippen LogP contribution in [0.2, 0.25) is 0 Å². The average Bonchev–Trinajstić information content (AvgIpc) is 2.61. The molecule has 0 aliphatic carbocycles. The van der Waals surface area contributed by atoms with Gasteiger partial charge in [0.05, 0.1) is 5.69 Å². The molecule has 2 heterocycles. The fraction of sp³-hybridized carbons (Fsp3) is 0.167. The minimum atomic E-state index is 0.0765. The van der Waals surface area contributed by atoms with Gasteiger partial charge < -0.3 is 4.57 Å². The first kappa shape index (κ1) is 9.65. The van der Waals surface area contributed by atoms with Crippen LogP contribution in [0, 0.1) is 0 Å². The Morgan fingerprint density at radius 2 is 2.13 bits per heavy atom. The number of hydrogen-bond donors (Lipinski definition) is 0. The monoisotopic (exact) mass is 200 g/mol. The Balaban J connectivity index is 2.52. The topological polar surface area (TPSA) is 34.9 Å². The van der Waals surface area contributed by atoms with Crippen molar-refractivity contribution in [2.75, 3.05) is 0 Å². The molecule has 0 spiro atoms. The maximum atomic E-state index is 11.3. The van der Waals surface area contributed by atoms with E-state index in [4.69, 9.17) is 0 Å². The molecule has 0 radical (unpaired) electrons. The van der Waals surface area contributed by atoms with Gasteiger partial charge in [-0.1, -0.05) is 0 Å². The van der Waals surface area contributed by atoms with Gasteiger partial charge in [-0.25, -0.2) is 0 Å². The van der Waals surface area contributed by atoms with Gasteiger partial charge in [0, 0.05) is 37.6 Å². The van der Waals surface area contributed by atoms with Crippen LogP contribution in [0.4, 0.5) is 0 Å². The maximum absolute atomic E-state index is 11.3. The average molecular weight is 200 g/mol. The van der Waals surface area contributed by atoms with Gasteiger partial charge in [-0.2, -0.15) is 0 Å². The minimum absolute atomic E-state index is 0.0765. The number of carbonyl (C=O) groups is 1. The number of carbonyl (C=O) groups excluding carboxylic acids is 1. The Hall–Kier alpha value is -1.90. The Kier molecular flexibility index (Phi) is 2.37. The second kappa shape index (κ2) is 3.69. The zero-order chi connectivity index (χ0) is 10.8. The predicted octanol–water partition coefficient (Wildman–Crippen LogP) is 2.29. The number of rotatable bonds is 2. The van der Waals surface area contributed by atoms with Crippen molar-refractivity contribution in [1.29, 1.82) is 0 Å². The van der Waals surface area contributed by atoms with Crippen LogP contribution in [0.1, 0.15) is 17.4 Å². The first-order valence-corrected chi connectivity index (χ1v) is 4.77. The fourth-order valence-electron chi connectivity index (χ4n) is 1.67. The molecule has 0 atom stereocenters. The van der Waals surface area contributed by atoms with Crippen molar-refractivity contribution in [2.24, 2.45) is 7.05 Å². The van der Waals surface area contributed by atoms with Gasteiger partial charge in [0.15, 0.2) is 5.78 Å². The largest absolute Gasteiger partial charge is 0.341 e. The summed E-state index contributed by atoms with van der Waals surface area (Å²) in [7, 11) is 1.89. The van der Waals surface area contributed by atoms with Gasteiger partial charge in [-0.3, -0.25) is 9.78 Å². The molecule has 0 saturated carbocycles. The van der Waals surface area contributed by atoms with Crippen molar-refractivity contribution in [3.8, 4) is 11.3 Å². The number of aromatic nitrogens is 2. The first-order chi connectivity index (χ1) is 7.20.